The van der Waals surface area contributed by atoms with Gasteiger partial charge < -0.3 is 11.1 Å². The Morgan fingerprint density at radius 3 is 2.35 bits per heavy atom. The Balaban J connectivity index is 1.92. The molecule has 1 unspecified atom stereocenters. The summed E-state index contributed by atoms with van der Waals surface area (Å²) in [5.41, 5.74) is 6.70. The molecule has 2 aromatic carbocycles. The number of nitrogens with one attached hydrogen (secondary N) is 1. The van der Waals surface area contributed by atoms with Crippen LogP contribution in [-0.4, -0.2) is 11.7 Å². The van der Waals surface area contributed by atoms with E-state index in [1.807, 2.05) is 13.8 Å². The van der Waals surface area contributed by atoms with Gasteiger partial charge in [0, 0.05) is 44.0 Å². The molecule has 172 valence electrons. The maximum Gasteiger partial charge on any atom is 0.245 e. The summed E-state index contributed by atoms with van der Waals surface area (Å²) < 4.78 is 0. The molecule has 0 bridgehead atoms. The van der Waals surface area contributed by atoms with Crippen molar-refractivity contribution >= 4 is 57.9 Å². The highest BCUT2D eigenvalue weighted by molar-refractivity contribution is 6.35. The highest BCUT2D eigenvalue weighted by Crippen LogP contribution is 2.57. The van der Waals surface area contributed by atoms with E-state index in [2.05, 4.69) is 11.4 Å². The fourth-order valence-corrected chi connectivity index (χ4v) is 6.04. The number of benzene rings is 2. The van der Waals surface area contributed by atoms with Gasteiger partial charge in [-0.05, 0) is 48.2 Å². The molecule has 2 aromatic rings. The highest BCUT2D eigenvalue weighted by atomic mass is 35.5. The smallest absolute Gasteiger partial charge is 0.245 e. The Labute approximate surface area is 211 Å². The van der Waals surface area contributed by atoms with Gasteiger partial charge >= 0.3 is 0 Å². The van der Waals surface area contributed by atoms with Gasteiger partial charge in [-0.25, -0.2) is 0 Å². The zero-order chi connectivity index (χ0) is 24.6. The second-order valence-corrected chi connectivity index (χ2v) is 10.8. The van der Waals surface area contributed by atoms with Crippen molar-refractivity contribution < 1.29 is 9.59 Å². The summed E-state index contributed by atoms with van der Waals surface area (Å²) in [7, 11) is 0. The number of allylic oxidation sites excluding steroid dienone is 1. The predicted molar refractivity (Wildman–Crippen MR) is 133 cm³/mol. The third kappa shape index (κ3) is 3.08. The Bertz CT molecular complexity index is 1400. The number of hydrogen-bond donors (Lipinski definition) is 2. The summed E-state index contributed by atoms with van der Waals surface area (Å²) in [5.74, 6) is -0.700. The number of Topliss-reactive ketones (excluding diaryl/α,β-unsaturated/α-hetero) is 1. The number of hydrogen-bond acceptors (Lipinski definition) is 5. The third-order valence-corrected chi connectivity index (χ3v) is 7.23. The minimum Gasteiger partial charge on any atom is -0.384 e. The summed E-state index contributed by atoms with van der Waals surface area (Å²) in [6, 6.07) is 11.9. The molecular weight excluding hydrogens is 495 g/mol. The monoisotopic (exact) mass is 512 g/mol. The van der Waals surface area contributed by atoms with E-state index in [4.69, 9.17) is 40.5 Å². The maximum absolute atomic E-state index is 13.8. The van der Waals surface area contributed by atoms with E-state index in [0.717, 1.165) is 0 Å². The average Bonchev–Trinajstić information content (AvgIpc) is 2.98. The van der Waals surface area contributed by atoms with Crippen LogP contribution in [0.4, 0.5) is 11.4 Å². The molecule has 0 radical (unpaired) electrons. The molecule has 2 aliphatic heterocycles. The van der Waals surface area contributed by atoms with Crippen molar-refractivity contribution in [3.8, 4) is 6.07 Å². The van der Waals surface area contributed by atoms with Crippen LogP contribution in [0.2, 0.25) is 15.1 Å². The number of nitrogens with two attached hydrogens (primary N) is 1. The van der Waals surface area contributed by atoms with E-state index >= 15 is 0 Å². The van der Waals surface area contributed by atoms with E-state index in [1.165, 1.54) is 0 Å². The SMILES string of the molecule is CC1(C)CC(=O)C2=C(C1)N(c1cc(Cl)cc(Cl)c1)C(N)=C(C#N)C21C(=O)Nc2ccc(Cl)cc21. The van der Waals surface area contributed by atoms with Crippen molar-refractivity contribution in [2.45, 2.75) is 32.1 Å². The van der Waals surface area contributed by atoms with Crippen LogP contribution in [-0.2, 0) is 15.0 Å². The van der Waals surface area contributed by atoms with E-state index in [1.54, 1.807) is 41.3 Å². The second kappa shape index (κ2) is 7.51. The molecule has 2 heterocycles. The van der Waals surface area contributed by atoms with E-state index in [9.17, 15) is 14.9 Å². The molecule has 3 N–H and O–H groups in total. The van der Waals surface area contributed by atoms with Gasteiger partial charge in [0.2, 0.25) is 5.91 Å². The quantitative estimate of drug-likeness (QED) is 0.510. The van der Waals surface area contributed by atoms with Crippen molar-refractivity contribution in [1.82, 2.24) is 0 Å². The van der Waals surface area contributed by atoms with Crippen LogP contribution in [0.1, 0.15) is 32.3 Å². The first-order valence-corrected chi connectivity index (χ1v) is 11.7. The highest BCUT2D eigenvalue weighted by Gasteiger charge is 2.61. The molecule has 1 amide bonds. The Morgan fingerprint density at radius 1 is 1.03 bits per heavy atom. The van der Waals surface area contributed by atoms with Crippen LogP contribution in [0.5, 0.6) is 0 Å². The molecule has 6 nitrogen and oxygen atoms in total. The fourth-order valence-electron chi connectivity index (χ4n) is 5.35. The molecule has 9 heteroatoms. The van der Waals surface area contributed by atoms with Gasteiger partial charge in [-0.3, -0.25) is 14.5 Å². The number of amides is 1. The van der Waals surface area contributed by atoms with Gasteiger partial charge in [0.25, 0.3) is 0 Å². The number of ketones is 1. The summed E-state index contributed by atoms with van der Waals surface area (Å²) in [5, 5.41) is 14.3. The maximum atomic E-state index is 13.8. The number of nitriles is 1. The lowest BCUT2D eigenvalue weighted by Crippen LogP contribution is -2.52. The average molecular weight is 514 g/mol. The molecule has 0 fully saturated rings. The molecule has 0 aromatic heterocycles. The Kier molecular flexibility index (Phi) is 5.04. The molecule has 1 spiro atoms. The summed E-state index contributed by atoms with van der Waals surface area (Å²) >= 11 is 18.9. The van der Waals surface area contributed by atoms with Crippen LogP contribution in [0.15, 0.2) is 59.1 Å². The van der Waals surface area contributed by atoms with Crippen LogP contribution >= 0.6 is 34.8 Å². The number of carbonyl (C=O) groups excluding carboxylic acids is 2. The van der Waals surface area contributed by atoms with Gasteiger partial charge in [0.15, 0.2) is 5.78 Å². The van der Waals surface area contributed by atoms with Crippen molar-refractivity contribution in [2.24, 2.45) is 11.1 Å². The lowest BCUT2D eigenvalue weighted by molar-refractivity contribution is -0.123. The summed E-state index contributed by atoms with van der Waals surface area (Å²) in [6.07, 6.45) is 0.641. The number of nitrogens with zero attached hydrogens (tertiary/aromatic N) is 2. The first kappa shape index (κ1) is 22.8. The van der Waals surface area contributed by atoms with E-state index < -0.39 is 16.7 Å². The van der Waals surface area contributed by atoms with Crippen molar-refractivity contribution in [1.29, 1.82) is 5.26 Å². The first-order valence-electron chi connectivity index (χ1n) is 10.5. The van der Waals surface area contributed by atoms with Gasteiger partial charge in [0.05, 0.1) is 11.3 Å². The van der Waals surface area contributed by atoms with E-state index in [0.29, 0.717) is 44.1 Å². The predicted octanol–water partition coefficient (Wildman–Crippen LogP) is 5.69. The lowest BCUT2D eigenvalue weighted by atomic mass is 9.61. The minimum atomic E-state index is -1.69. The first-order chi connectivity index (χ1) is 16.0. The molecule has 3 aliphatic rings. The number of halogens is 3. The van der Waals surface area contributed by atoms with E-state index in [-0.39, 0.29) is 29.2 Å². The lowest BCUT2D eigenvalue weighted by Gasteiger charge is -2.46. The standard InChI is InChI=1S/C25H19Cl3N4O2/c1-24(2)9-19-21(20(33)10-24)25(16-8-12(26)3-4-18(16)31-23(25)34)17(11-29)22(30)32(19)15-6-13(27)5-14(28)7-15/h3-8H,9-10,30H2,1-2H3,(H,31,34). The van der Waals surface area contributed by atoms with Crippen molar-refractivity contribution in [2.75, 3.05) is 10.2 Å². The Hall–Kier alpha value is -2.98. The van der Waals surface area contributed by atoms with Crippen molar-refractivity contribution in [3.63, 3.8) is 0 Å². The summed E-state index contributed by atoms with van der Waals surface area (Å²) in [4.78, 5) is 29.1. The topological polar surface area (TPSA) is 99.2 Å². The van der Waals surface area contributed by atoms with Gasteiger partial charge in [-0.15, -0.1) is 0 Å². The molecule has 1 atom stereocenters. The molecular formula is C25H19Cl3N4O2. The molecule has 34 heavy (non-hydrogen) atoms. The summed E-state index contributed by atoms with van der Waals surface area (Å²) in [6.45, 7) is 3.95. The van der Waals surface area contributed by atoms with Crippen LogP contribution in [0.3, 0.4) is 0 Å². The van der Waals surface area contributed by atoms with Crippen LogP contribution in [0.25, 0.3) is 0 Å². The number of fused-ring (bicyclic) bond motifs is 3. The molecule has 0 saturated heterocycles. The largest absolute Gasteiger partial charge is 0.384 e. The van der Waals surface area contributed by atoms with Gasteiger partial charge in [-0.2, -0.15) is 5.26 Å². The zero-order valence-electron chi connectivity index (χ0n) is 18.3. The molecule has 1 aliphatic carbocycles. The van der Waals surface area contributed by atoms with Crippen LogP contribution in [0, 0.1) is 16.7 Å². The normalized spacial score (nSPS) is 23.1. The zero-order valence-corrected chi connectivity index (χ0v) is 20.6. The number of rotatable bonds is 1. The Morgan fingerprint density at radius 2 is 1.71 bits per heavy atom. The van der Waals surface area contributed by atoms with Crippen LogP contribution < -0.4 is 16.0 Å². The molecule has 0 saturated carbocycles. The third-order valence-electron chi connectivity index (χ3n) is 6.56. The van der Waals surface area contributed by atoms with Gasteiger partial charge in [0.1, 0.15) is 17.3 Å². The molecule has 5 rings (SSSR count). The van der Waals surface area contributed by atoms with Gasteiger partial charge in [-0.1, -0.05) is 48.7 Å². The number of carbonyl (C=O) groups is 2. The number of anilines is 2. The fraction of sp³-hybridized carbons (Fsp3) is 0.240. The minimum absolute atomic E-state index is 0.0352. The van der Waals surface area contributed by atoms with Crippen molar-refractivity contribution in [3.05, 3.63) is 79.7 Å². The second-order valence-electron chi connectivity index (χ2n) is 9.49.